The number of aliphatic hydroxyl groups is 1. The van der Waals surface area contributed by atoms with Gasteiger partial charge < -0.3 is 9.53 Å². The second-order valence-electron chi connectivity index (χ2n) is 5.71. The van der Waals surface area contributed by atoms with E-state index in [1.54, 1.807) is 0 Å². The lowest BCUT2D eigenvalue weighted by Crippen LogP contribution is -2.47. The van der Waals surface area contributed by atoms with Crippen molar-refractivity contribution in [2.75, 3.05) is 0 Å². The van der Waals surface area contributed by atoms with E-state index in [0.29, 0.717) is 0 Å². The maximum absolute atomic E-state index is 11.5. The first-order valence-corrected chi connectivity index (χ1v) is 7.74. The van der Waals surface area contributed by atoms with Crippen molar-refractivity contribution in [3.63, 3.8) is 0 Å². The van der Waals surface area contributed by atoms with E-state index in [4.69, 9.17) is 4.43 Å². The molecule has 4 heteroatoms. The largest absolute Gasteiger partial charge is 0.517 e. The molecule has 0 rings (SSSR count). The third kappa shape index (κ3) is 3.42. The summed E-state index contributed by atoms with van der Waals surface area (Å²) < 4.78 is 5.42. The molecule has 0 saturated carbocycles. The Balaban J connectivity index is 4.62. The van der Waals surface area contributed by atoms with Crippen LogP contribution < -0.4 is 0 Å². The molecule has 0 aliphatic heterocycles. The number of hydrogen-bond donors (Lipinski definition) is 1. The summed E-state index contributed by atoms with van der Waals surface area (Å²) in [5.74, 6) is -0.524. The van der Waals surface area contributed by atoms with E-state index in [-0.39, 0.29) is 5.04 Å². The van der Waals surface area contributed by atoms with Crippen LogP contribution in [-0.2, 0) is 9.22 Å². The summed E-state index contributed by atoms with van der Waals surface area (Å²) in [6.07, 6.45) is 0. The number of rotatable bonds is 2. The fraction of sp³-hybridized carbons (Fsp3) is 0.900. The summed E-state index contributed by atoms with van der Waals surface area (Å²) in [7, 11) is -2.09. The summed E-state index contributed by atoms with van der Waals surface area (Å²) in [4.78, 5) is 11.5. The van der Waals surface area contributed by atoms with E-state index in [1.807, 2.05) is 13.1 Å². The van der Waals surface area contributed by atoms with Crippen LogP contribution in [0.15, 0.2) is 0 Å². The first-order valence-electron chi connectivity index (χ1n) is 4.84. The molecular weight excluding hydrogens is 196 g/mol. The van der Waals surface area contributed by atoms with E-state index >= 15 is 0 Å². The van der Waals surface area contributed by atoms with Gasteiger partial charge in [0.1, 0.15) is 0 Å². The zero-order chi connectivity index (χ0) is 11.8. The van der Waals surface area contributed by atoms with Gasteiger partial charge in [0.05, 0.1) is 0 Å². The Kier molecular flexibility index (Phi) is 3.57. The van der Waals surface area contributed by atoms with Gasteiger partial charge in [0.25, 0.3) is 8.32 Å². The van der Waals surface area contributed by atoms with Gasteiger partial charge in [-0.3, -0.25) is 4.79 Å². The molecule has 0 aromatic rings. The predicted molar refractivity (Wildman–Crippen MR) is 59.6 cm³/mol. The molecule has 0 aromatic carbocycles. The van der Waals surface area contributed by atoms with E-state index in [1.165, 1.54) is 13.8 Å². The van der Waals surface area contributed by atoms with Gasteiger partial charge in [-0.1, -0.05) is 20.8 Å². The molecule has 0 unspecified atom stereocenters. The Morgan fingerprint density at radius 3 is 1.71 bits per heavy atom. The van der Waals surface area contributed by atoms with Crippen LogP contribution >= 0.6 is 0 Å². The van der Waals surface area contributed by atoms with Gasteiger partial charge in [-0.05, 0) is 32.0 Å². The molecule has 3 nitrogen and oxygen atoms in total. The predicted octanol–water partition coefficient (Wildman–Crippen LogP) is 2.31. The second-order valence-corrected chi connectivity index (χ2v) is 10.4. The molecule has 0 heterocycles. The smallest absolute Gasteiger partial charge is 0.324 e. The third-order valence-electron chi connectivity index (χ3n) is 2.65. The minimum Gasteiger partial charge on any atom is -0.517 e. The van der Waals surface area contributed by atoms with E-state index in [0.717, 1.165) is 0 Å². The summed E-state index contributed by atoms with van der Waals surface area (Å²) in [6, 6.07) is 0. The minimum atomic E-state index is -2.09. The van der Waals surface area contributed by atoms with Crippen LogP contribution in [0.4, 0.5) is 0 Å². The molecule has 0 aromatic heterocycles. The Hall–Kier alpha value is -0.353. The maximum Gasteiger partial charge on any atom is 0.324 e. The molecule has 1 N–H and O–H groups in total. The lowest BCUT2D eigenvalue weighted by molar-refractivity contribution is -0.152. The van der Waals surface area contributed by atoms with Crippen LogP contribution in [0.2, 0.25) is 18.1 Å². The van der Waals surface area contributed by atoms with Crippen molar-refractivity contribution < 1.29 is 14.3 Å². The van der Waals surface area contributed by atoms with Gasteiger partial charge in [0, 0.05) is 0 Å². The maximum atomic E-state index is 11.5. The lowest BCUT2D eigenvalue weighted by atomic mass is 10.1. The summed E-state index contributed by atoms with van der Waals surface area (Å²) in [6.45, 7) is 13.0. The fourth-order valence-corrected chi connectivity index (χ4v) is 1.53. The number of hydrogen-bond acceptors (Lipinski definition) is 3. The molecule has 0 radical (unpaired) electrons. The fourth-order valence-electron chi connectivity index (χ4n) is 0.510. The molecule has 84 valence electrons. The van der Waals surface area contributed by atoms with Crippen LogP contribution in [0.1, 0.15) is 34.6 Å². The van der Waals surface area contributed by atoms with E-state index in [2.05, 4.69) is 20.8 Å². The standard InChI is InChI=1S/C10H22O3Si/c1-9(2,3)14(6,7)13-8(11)10(4,5)12/h12H,1-7H3. The van der Waals surface area contributed by atoms with E-state index < -0.39 is 19.9 Å². The quantitative estimate of drug-likeness (QED) is 0.723. The average Bonchev–Trinajstić information content (AvgIpc) is 1.80. The molecule has 0 aliphatic carbocycles. The van der Waals surface area contributed by atoms with Gasteiger partial charge in [-0.2, -0.15) is 0 Å². The molecule has 0 aliphatic rings. The number of carbonyl (C=O) groups excluding carboxylic acids is 1. The van der Waals surface area contributed by atoms with Crippen LogP contribution in [0.5, 0.6) is 0 Å². The molecule has 0 bridgehead atoms. The zero-order valence-electron chi connectivity index (χ0n) is 10.3. The van der Waals surface area contributed by atoms with Crippen molar-refractivity contribution in [1.82, 2.24) is 0 Å². The second kappa shape index (κ2) is 3.66. The first kappa shape index (κ1) is 13.6. The van der Waals surface area contributed by atoms with Crippen LogP contribution in [-0.4, -0.2) is 25.0 Å². The van der Waals surface area contributed by atoms with E-state index in [9.17, 15) is 9.90 Å². The molecule has 0 saturated heterocycles. The van der Waals surface area contributed by atoms with Crippen LogP contribution in [0.25, 0.3) is 0 Å². The van der Waals surface area contributed by atoms with Crippen molar-refractivity contribution >= 4 is 14.3 Å². The highest BCUT2D eigenvalue weighted by Gasteiger charge is 2.42. The van der Waals surface area contributed by atoms with Gasteiger partial charge in [0.2, 0.25) is 0 Å². The minimum absolute atomic E-state index is 0.0199. The highest BCUT2D eigenvalue weighted by atomic mass is 28.4. The highest BCUT2D eigenvalue weighted by Crippen LogP contribution is 2.37. The van der Waals surface area contributed by atoms with Crippen molar-refractivity contribution in [2.45, 2.75) is 58.4 Å². The monoisotopic (exact) mass is 218 g/mol. The van der Waals surface area contributed by atoms with Crippen molar-refractivity contribution in [1.29, 1.82) is 0 Å². The topological polar surface area (TPSA) is 46.5 Å². The van der Waals surface area contributed by atoms with Gasteiger partial charge in [-0.15, -0.1) is 0 Å². The van der Waals surface area contributed by atoms with Gasteiger partial charge in [-0.25, -0.2) is 0 Å². The Bertz CT molecular complexity index is 221. The first-order chi connectivity index (χ1) is 5.88. The molecule has 0 fully saturated rings. The van der Waals surface area contributed by atoms with Crippen LogP contribution in [0.3, 0.4) is 0 Å². The number of carbonyl (C=O) groups is 1. The Morgan fingerprint density at radius 2 is 1.50 bits per heavy atom. The lowest BCUT2D eigenvalue weighted by Gasteiger charge is -2.37. The normalized spacial score (nSPS) is 14.0. The molecule has 14 heavy (non-hydrogen) atoms. The summed E-state index contributed by atoms with van der Waals surface area (Å²) in [5, 5.41) is 9.44. The molecule has 0 spiro atoms. The van der Waals surface area contributed by atoms with Crippen molar-refractivity contribution in [2.24, 2.45) is 0 Å². The molecular formula is C10H22O3Si. The summed E-state index contributed by atoms with van der Waals surface area (Å²) in [5.41, 5.74) is -1.39. The van der Waals surface area contributed by atoms with Crippen molar-refractivity contribution in [3.05, 3.63) is 0 Å². The molecule has 0 atom stereocenters. The Labute approximate surface area is 87.6 Å². The van der Waals surface area contributed by atoms with Crippen LogP contribution in [0, 0.1) is 0 Å². The third-order valence-corrected chi connectivity index (χ3v) is 6.96. The summed E-state index contributed by atoms with van der Waals surface area (Å²) >= 11 is 0. The van der Waals surface area contributed by atoms with Gasteiger partial charge >= 0.3 is 5.97 Å². The van der Waals surface area contributed by atoms with Gasteiger partial charge in [0.15, 0.2) is 5.60 Å². The Morgan fingerprint density at radius 1 is 1.14 bits per heavy atom. The highest BCUT2D eigenvalue weighted by molar-refractivity contribution is 6.75. The zero-order valence-corrected chi connectivity index (χ0v) is 11.3. The molecule has 0 amide bonds. The van der Waals surface area contributed by atoms with Crippen molar-refractivity contribution in [3.8, 4) is 0 Å². The SMILES string of the molecule is CC(C)(O)C(=O)O[Si](C)(C)C(C)(C)C. The average molecular weight is 218 g/mol.